The lowest BCUT2D eigenvalue weighted by Gasteiger charge is -2.10. The van der Waals surface area contributed by atoms with Gasteiger partial charge in [-0.25, -0.2) is 9.97 Å². The summed E-state index contributed by atoms with van der Waals surface area (Å²) in [5.41, 5.74) is 1.73. The van der Waals surface area contributed by atoms with Crippen LogP contribution in [-0.2, 0) is 6.42 Å². The summed E-state index contributed by atoms with van der Waals surface area (Å²) in [5, 5.41) is 9.71. The Morgan fingerprint density at radius 3 is 2.42 bits per heavy atom. The van der Waals surface area contributed by atoms with Crippen molar-refractivity contribution >= 4 is 27.5 Å². The van der Waals surface area contributed by atoms with Gasteiger partial charge < -0.3 is 5.11 Å². The molecule has 0 unspecified atom stereocenters. The molecule has 2 rings (SSSR count). The van der Waals surface area contributed by atoms with Gasteiger partial charge in [0.2, 0.25) is 0 Å². The maximum absolute atomic E-state index is 9.30. The Morgan fingerprint density at radius 1 is 1.21 bits per heavy atom. The number of aromatic nitrogens is 2. The van der Waals surface area contributed by atoms with Crippen molar-refractivity contribution in [1.82, 2.24) is 9.97 Å². The van der Waals surface area contributed by atoms with E-state index in [1.165, 1.54) is 0 Å². The predicted octanol–water partition coefficient (Wildman–Crippen LogP) is 4.46. The molecule has 0 aliphatic heterocycles. The molecule has 0 fully saturated rings. The Morgan fingerprint density at radius 2 is 1.84 bits per heavy atom. The number of nitrogens with zero attached hydrogens (tertiary/aromatic N) is 2. The summed E-state index contributed by atoms with van der Waals surface area (Å²) in [4.78, 5) is 8.82. The molecule has 2 aromatic rings. The lowest BCUT2D eigenvalue weighted by atomic mass is 10.1. The van der Waals surface area contributed by atoms with Crippen LogP contribution in [0.5, 0.6) is 5.75 Å². The lowest BCUT2D eigenvalue weighted by molar-refractivity contribution is 0.475. The fourth-order valence-electron chi connectivity index (χ4n) is 1.72. The van der Waals surface area contributed by atoms with Crippen molar-refractivity contribution in [3.63, 3.8) is 0 Å². The second-order valence-electron chi connectivity index (χ2n) is 4.74. The van der Waals surface area contributed by atoms with Crippen molar-refractivity contribution in [2.45, 2.75) is 20.3 Å². The molecule has 100 valence electrons. The Kier molecular flexibility index (Phi) is 4.42. The van der Waals surface area contributed by atoms with Crippen molar-refractivity contribution in [3.05, 3.63) is 39.6 Å². The standard InChI is InChI=1S/C14H14BrClN2O/c1-8(2)7-11-12(15)13(16)18-14(17-11)9-3-5-10(19)6-4-9/h3-6,8,19H,7H2,1-2H3. The molecular formula is C14H14BrClN2O. The van der Waals surface area contributed by atoms with Gasteiger partial charge in [0.25, 0.3) is 0 Å². The van der Waals surface area contributed by atoms with Crippen LogP contribution < -0.4 is 0 Å². The molecule has 3 nitrogen and oxygen atoms in total. The van der Waals surface area contributed by atoms with E-state index in [0.717, 1.165) is 22.2 Å². The third-order valence-electron chi connectivity index (χ3n) is 2.61. The summed E-state index contributed by atoms with van der Waals surface area (Å²) >= 11 is 9.57. The van der Waals surface area contributed by atoms with Crippen LogP contribution in [0, 0.1) is 5.92 Å². The minimum atomic E-state index is 0.217. The molecule has 0 saturated heterocycles. The van der Waals surface area contributed by atoms with Crippen LogP contribution in [0.15, 0.2) is 28.7 Å². The normalized spacial score (nSPS) is 11.0. The van der Waals surface area contributed by atoms with E-state index in [1.807, 2.05) is 0 Å². The average Bonchev–Trinajstić information content (AvgIpc) is 2.35. The Balaban J connectivity index is 2.46. The lowest BCUT2D eigenvalue weighted by Crippen LogP contribution is -2.02. The average molecular weight is 342 g/mol. The van der Waals surface area contributed by atoms with Gasteiger partial charge in [0, 0.05) is 5.56 Å². The SMILES string of the molecule is CC(C)Cc1nc(-c2ccc(O)cc2)nc(Cl)c1Br. The van der Waals surface area contributed by atoms with Crippen molar-refractivity contribution in [1.29, 1.82) is 0 Å². The number of aromatic hydroxyl groups is 1. The fraction of sp³-hybridized carbons (Fsp3) is 0.286. The number of phenols is 1. The topological polar surface area (TPSA) is 46.0 Å². The number of halogens is 2. The van der Waals surface area contributed by atoms with Gasteiger partial charge >= 0.3 is 0 Å². The van der Waals surface area contributed by atoms with Gasteiger partial charge in [0.15, 0.2) is 5.82 Å². The molecule has 0 radical (unpaired) electrons. The van der Waals surface area contributed by atoms with Gasteiger partial charge in [-0.3, -0.25) is 0 Å². The Hall–Kier alpha value is -1.13. The number of benzene rings is 1. The Bertz CT molecular complexity index is 585. The highest BCUT2D eigenvalue weighted by atomic mass is 79.9. The van der Waals surface area contributed by atoms with Crippen molar-refractivity contribution in [2.75, 3.05) is 0 Å². The zero-order valence-corrected chi connectivity index (χ0v) is 13.0. The maximum Gasteiger partial charge on any atom is 0.161 e. The zero-order chi connectivity index (χ0) is 14.0. The molecular weight excluding hydrogens is 328 g/mol. The number of rotatable bonds is 3. The van der Waals surface area contributed by atoms with E-state index >= 15 is 0 Å². The van der Waals surface area contributed by atoms with Gasteiger partial charge in [0.05, 0.1) is 10.2 Å². The minimum absolute atomic E-state index is 0.217. The molecule has 1 aromatic carbocycles. The first-order valence-electron chi connectivity index (χ1n) is 5.98. The van der Waals surface area contributed by atoms with Crippen LogP contribution in [0.1, 0.15) is 19.5 Å². The predicted molar refractivity (Wildman–Crippen MR) is 80.4 cm³/mol. The highest BCUT2D eigenvalue weighted by molar-refractivity contribution is 9.10. The summed E-state index contributed by atoms with van der Waals surface area (Å²) in [6.45, 7) is 4.26. The van der Waals surface area contributed by atoms with Crippen LogP contribution in [-0.4, -0.2) is 15.1 Å². The smallest absolute Gasteiger partial charge is 0.161 e. The summed E-state index contributed by atoms with van der Waals surface area (Å²) in [5.74, 6) is 1.27. The molecule has 0 aliphatic carbocycles. The molecule has 0 saturated carbocycles. The molecule has 1 aromatic heterocycles. The highest BCUT2D eigenvalue weighted by Crippen LogP contribution is 2.28. The van der Waals surface area contributed by atoms with Gasteiger partial charge in [-0.1, -0.05) is 25.4 Å². The quantitative estimate of drug-likeness (QED) is 0.838. The maximum atomic E-state index is 9.30. The molecule has 0 bridgehead atoms. The van der Waals surface area contributed by atoms with E-state index in [9.17, 15) is 5.11 Å². The molecule has 1 heterocycles. The second-order valence-corrected chi connectivity index (χ2v) is 5.89. The summed E-state index contributed by atoms with van der Waals surface area (Å²) in [6, 6.07) is 6.76. The molecule has 5 heteroatoms. The van der Waals surface area contributed by atoms with Crippen molar-refractivity contribution < 1.29 is 5.11 Å². The fourth-order valence-corrected chi connectivity index (χ4v) is 2.25. The summed E-state index contributed by atoms with van der Waals surface area (Å²) in [6.07, 6.45) is 0.827. The number of hydrogen-bond acceptors (Lipinski definition) is 3. The first-order valence-corrected chi connectivity index (χ1v) is 7.15. The van der Waals surface area contributed by atoms with E-state index in [1.54, 1.807) is 24.3 Å². The number of hydrogen-bond donors (Lipinski definition) is 1. The van der Waals surface area contributed by atoms with E-state index in [4.69, 9.17) is 11.6 Å². The Labute approximate surface area is 125 Å². The summed E-state index contributed by atoms with van der Waals surface area (Å²) < 4.78 is 0.755. The molecule has 0 aliphatic rings. The molecule has 0 amide bonds. The van der Waals surface area contributed by atoms with E-state index in [-0.39, 0.29) is 5.75 Å². The van der Waals surface area contributed by atoms with Crippen LogP contribution in [0.2, 0.25) is 5.15 Å². The molecule has 19 heavy (non-hydrogen) atoms. The largest absolute Gasteiger partial charge is 0.508 e. The van der Waals surface area contributed by atoms with Crippen LogP contribution >= 0.6 is 27.5 Å². The monoisotopic (exact) mass is 340 g/mol. The minimum Gasteiger partial charge on any atom is -0.508 e. The van der Waals surface area contributed by atoms with Gasteiger partial charge in [-0.15, -0.1) is 0 Å². The van der Waals surface area contributed by atoms with E-state index in [0.29, 0.717) is 16.9 Å². The summed E-state index contributed by atoms with van der Waals surface area (Å²) in [7, 11) is 0. The third-order valence-corrected chi connectivity index (χ3v) is 3.94. The molecule has 0 spiro atoms. The van der Waals surface area contributed by atoms with E-state index < -0.39 is 0 Å². The number of phenolic OH excluding ortho intramolecular Hbond substituents is 1. The van der Waals surface area contributed by atoms with Crippen molar-refractivity contribution in [3.8, 4) is 17.1 Å². The second kappa shape index (κ2) is 5.88. The molecule has 1 N–H and O–H groups in total. The third kappa shape index (κ3) is 3.45. The van der Waals surface area contributed by atoms with Crippen molar-refractivity contribution in [2.24, 2.45) is 5.92 Å². The van der Waals surface area contributed by atoms with Crippen LogP contribution in [0.3, 0.4) is 0 Å². The van der Waals surface area contributed by atoms with Gasteiger partial charge in [-0.05, 0) is 52.5 Å². The van der Waals surface area contributed by atoms with Crippen LogP contribution in [0.25, 0.3) is 11.4 Å². The van der Waals surface area contributed by atoms with Gasteiger partial charge in [0.1, 0.15) is 10.9 Å². The first-order chi connectivity index (χ1) is 8.97. The first kappa shape index (κ1) is 14.3. The highest BCUT2D eigenvalue weighted by Gasteiger charge is 2.13. The van der Waals surface area contributed by atoms with E-state index in [2.05, 4.69) is 39.7 Å². The molecule has 0 atom stereocenters. The zero-order valence-electron chi connectivity index (χ0n) is 10.7. The van der Waals surface area contributed by atoms with Gasteiger partial charge in [-0.2, -0.15) is 0 Å². The van der Waals surface area contributed by atoms with Crippen LogP contribution in [0.4, 0.5) is 0 Å².